The number of rotatable bonds is 2. The largest absolute Gasteiger partial charge is 0.467 e. The maximum absolute atomic E-state index is 12.2. The molecule has 0 bridgehead atoms. The number of carbonyl (C=O) groups excluding carboxylic acids is 2. The lowest BCUT2D eigenvalue weighted by atomic mass is 10.2. The molecule has 1 unspecified atom stereocenters. The molecular weight excluding hydrogens is 252 g/mol. The van der Waals surface area contributed by atoms with Crippen molar-refractivity contribution in [2.24, 2.45) is 0 Å². The third kappa shape index (κ3) is 1.84. The third-order valence-electron chi connectivity index (χ3n) is 3.28. The molecule has 2 rings (SSSR count). The first-order chi connectivity index (χ1) is 8.90. The van der Waals surface area contributed by atoms with E-state index < -0.39 is 24.3 Å². The van der Waals surface area contributed by atoms with Gasteiger partial charge in [0.25, 0.3) is 5.91 Å². The number of hydrogen-bond acceptors (Lipinski definition) is 6. The van der Waals surface area contributed by atoms with E-state index in [1.54, 1.807) is 14.0 Å². The highest BCUT2D eigenvalue weighted by Gasteiger charge is 2.37. The van der Waals surface area contributed by atoms with Gasteiger partial charge >= 0.3 is 5.97 Å². The number of aromatic nitrogens is 2. The molecule has 0 fully saturated rings. The molecule has 0 radical (unpaired) electrons. The van der Waals surface area contributed by atoms with Crippen LogP contribution in [0.1, 0.15) is 23.5 Å². The molecule has 0 spiro atoms. The van der Waals surface area contributed by atoms with Crippen molar-refractivity contribution in [3.63, 3.8) is 0 Å². The van der Waals surface area contributed by atoms with E-state index in [4.69, 9.17) is 0 Å². The van der Waals surface area contributed by atoms with Crippen LogP contribution in [-0.2, 0) is 9.53 Å². The summed E-state index contributed by atoms with van der Waals surface area (Å²) in [5.41, 5.74) is 0.258. The van der Waals surface area contributed by atoms with E-state index in [0.29, 0.717) is 5.82 Å². The monoisotopic (exact) mass is 268 g/mol. The van der Waals surface area contributed by atoms with Gasteiger partial charge in [0.15, 0.2) is 11.5 Å². The number of anilines is 1. The SMILES string of the molecule is COC(=O)[C@H](C)n1cnc2c1C(=O)N(C)C(O)N2C. The lowest BCUT2D eigenvalue weighted by Gasteiger charge is -2.36. The maximum Gasteiger partial charge on any atom is 0.328 e. The quantitative estimate of drug-likeness (QED) is 0.722. The van der Waals surface area contributed by atoms with Crippen molar-refractivity contribution in [2.75, 3.05) is 26.1 Å². The molecule has 1 amide bonds. The second-order valence-electron chi connectivity index (χ2n) is 4.40. The van der Waals surface area contributed by atoms with Gasteiger partial charge in [-0.3, -0.25) is 9.69 Å². The Labute approximate surface area is 110 Å². The van der Waals surface area contributed by atoms with E-state index in [1.807, 2.05) is 0 Å². The first kappa shape index (κ1) is 13.3. The van der Waals surface area contributed by atoms with E-state index >= 15 is 0 Å². The summed E-state index contributed by atoms with van der Waals surface area (Å²) in [5.74, 6) is -0.523. The van der Waals surface area contributed by atoms with E-state index in [1.165, 1.54) is 34.9 Å². The van der Waals surface area contributed by atoms with Crippen LogP contribution in [0, 0.1) is 0 Å². The average Bonchev–Trinajstić information content (AvgIpc) is 2.85. The zero-order valence-electron chi connectivity index (χ0n) is 11.2. The first-order valence-corrected chi connectivity index (χ1v) is 5.72. The topological polar surface area (TPSA) is 87.9 Å². The molecular formula is C11H16N4O4. The van der Waals surface area contributed by atoms with E-state index in [0.717, 1.165) is 0 Å². The fourth-order valence-electron chi connectivity index (χ4n) is 2.03. The van der Waals surface area contributed by atoms with Crippen molar-refractivity contribution in [3.8, 4) is 0 Å². The summed E-state index contributed by atoms with van der Waals surface area (Å²) in [5, 5.41) is 9.86. The van der Waals surface area contributed by atoms with Crippen LogP contribution >= 0.6 is 0 Å². The van der Waals surface area contributed by atoms with Crippen LogP contribution in [0.3, 0.4) is 0 Å². The van der Waals surface area contributed by atoms with Gasteiger partial charge in [-0.1, -0.05) is 0 Å². The average molecular weight is 268 g/mol. The summed E-state index contributed by atoms with van der Waals surface area (Å²) in [6.45, 7) is 1.62. The molecule has 0 aliphatic carbocycles. The molecule has 2 atom stereocenters. The van der Waals surface area contributed by atoms with Crippen LogP contribution in [0.2, 0.25) is 0 Å². The summed E-state index contributed by atoms with van der Waals surface area (Å²) < 4.78 is 6.11. The Balaban J connectivity index is 2.50. The molecule has 1 N–H and O–H groups in total. The second kappa shape index (κ2) is 4.54. The van der Waals surface area contributed by atoms with Gasteiger partial charge in [-0.05, 0) is 6.92 Å². The Hall–Kier alpha value is -2.09. The lowest BCUT2D eigenvalue weighted by molar-refractivity contribution is -0.144. The molecule has 0 saturated heterocycles. The third-order valence-corrected chi connectivity index (χ3v) is 3.28. The zero-order valence-corrected chi connectivity index (χ0v) is 11.2. The van der Waals surface area contributed by atoms with Gasteiger partial charge in [0.1, 0.15) is 6.04 Å². The summed E-state index contributed by atoms with van der Waals surface area (Å²) >= 11 is 0. The van der Waals surface area contributed by atoms with Crippen molar-refractivity contribution in [1.29, 1.82) is 0 Å². The molecule has 1 aromatic heterocycles. The zero-order chi connectivity index (χ0) is 14.3. The smallest absolute Gasteiger partial charge is 0.328 e. The molecule has 1 aliphatic heterocycles. The standard InChI is InChI=1S/C11H16N4O4/c1-6(10(17)19-4)15-5-12-8-7(15)9(16)14(3)11(18)13(8)2/h5-6,11,18H,1-4H3/t6-,11?/m0/s1. The van der Waals surface area contributed by atoms with Crippen molar-refractivity contribution in [3.05, 3.63) is 12.0 Å². The van der Waals surface area contributed by atoms with Crippen LogP contribution in [0.25, 0.3) is 0 Å². The van der Waals surface area contributed by atoms with Crippen LogP contribution in [0.15, 0.2) is 6.33 Å². The Bertz CT molecular complexity index is 527. The van der Waals surface area contributed by atoms with Crippen LogP contribution in [-0.4, -0.2) is 59.0 Å². The molecule has 2 heterocycles. The number of ether oxygens (including phenoxy) is 1. The Kier molecular flexibility index (Phi) is 3.19. The maximum atomic E-state index is 12.2. The molecule has 0 aromatic carbocycles. The van der Waals surface area contributed by atoms with Crippen molar-refractivity contribution < 1.29 is 19.4 Å². The minimum absolute atomic E-state index is 0.258. The molecule has 19 heavy (non-hydrogen) atoms. The van der Waals surface area contributed by atoms with Gasteiger partial charge in [-0.25, -0.2) is 9.78 Å². The number of nitrogens with zero attached hydrogens (tertiary/aromatic N) is 4. The van der Waals surface area contributed by atoms with Crippen LogP contribution in [0.4, 0.5) is 5.82 Å². The summed E-state index contributed by atoms with van der Waals surface area (Å²) in [6.07, 6.45) is 0.323. The van der Waals surface area contributed by atoms with E-state index in [-0.39, 0.29) is 5.69 Å². The van der Waals surface area contributed by atoms with Gasteiger partial charge in [0, 0.05) is 14.1 Å². The number of methoxy groups -OCH3 is 1. The van der Waals surface area contributed by atoms with E-state index in [2.05, 4.69) is 9.72 Å². The van der Waals surface area contributed by atoms with Crippen molar-refractivity contribution in [2.45, 2.75) is 19.3 Å². The van der Waals surface area contributed by atoms with Gasteiger partial charge in [0.05, 0.1) is 13.4 Å². The first-order valence-electron chi connectivity index (χ1n) is 5.72. The summed E-state index contributed by atoms with van der Waals surface area (Å²) in [4.78, 5) is 30.5. The number of amides is 1. The number of hydrogen-bond donors (Lipinski definition) is 1. The van der Waals surface area contributed by atoms with Gasteiger partial charge < -0.3 is 19.3 Å². The van der Waals surface area contributed by atoms with Crippen molar-refractivity contribution >= 4 is 17.7 Å². The summed E-state index contributed by atoms with van der Waals surface area (Å²) in [7, 11) is 4.38. The minimum atomic E-state index is -1.07. The van der Waals surface area contributed by atoms with Crippen LogP contribution in [0.5, 0.6) is 0 Å². The number of aliphatic hydroxyl groups excluding tert-OH is 1. The predicted molar refractivity (Wildman–Crippen MR) is 65.5 cm³/mol. The van der Waals surface area contributed by atoms with Crippen LogP contribution < -0.4 is 4.90 Å². The highest BCUT2D eigenvalue weighted by atomic mass is 16.5. The predicted octanol–water partition coefficient (Wildman–Crippen LogP) is -0.585. The second-order valence-corrected chi connectivity index (χ2v) is 4.40. The highest BCUT2D eigenvalue weighted by molar-refractivity contribution is 5.99. The molecule has 1 aliphatic rings. The molecule has 8 nitrogen and oxygen atoms in total. The number of aliphatic hydroxyl groups is 1. The highest BCUT2D eigenvalue weighted by Crippen LogP contribution is 2.29. The normalized spacial score (nSPS) is 20.3. The molecule has 8 heteroatoms. The van der Waals surface area contributed by atoms with Gasteiger partial charge in [0.2, 0.25) is 6.35 Å². The summed E-state index contributed by atoms with van der Waals surface area (Å²) in [6, 6.07) is -0.665. The molecule has 104 valence electrons. The number of fused-ring (bicyclic) bond motifs is 1. The number of carbonyl (C=O) groups is 2. The Morgan fingerprint density at radius 3 is 2.68 bits per heavy atom. The van der Waals surface area contributed by atoms with E-state index in [9.17, 15) is 14.7 Å². The molecule has 1 aromatic rings. The van der Waals surface area contributed by atoms with Gasteiger partial charge in [-0.2, -0.15) is 0 Å². The Morgan fingerprint density at radius 1 is 1.47 bits per heavy atom. The molecule has 0 saturated carbocycles. The fourth-order valence-corrected chi connectivity index (χ4v) is 2.03. The van der Waals surface area contributed by atoms with Crippen molar-refractivity contribution in [1.82, 2.24) is 14.5 Å². The Morgan fingerprint density at radius 2 is 2.11 bits per heavy atom. The minimum Gasteiger partial charge on any atom is -0.467 e. The number of imidazole rings is 1. The van der Waals surface area contributed by atoms with Gasteiger partial charge in [-0.15, -0.1) is 0 Å². The fraction of sp³-hybridized carbons (Fsp3) is 0.545. The number of esters is 1. The lowest BCUT2D eigenvalue weighted by Crippen LogP contribution is -2.52.